The van der Waals surface area contributed by atoms with E-state index in [2.05, 4.69) is 38.6 Å². The normalized spacial score (nSPS) is 18.3. The third-order valence-corrected chi connectivity index (χ3v) is 6.92. The fourth-order valence-corrected chi connectivity index (χ4v) is 5.11. The van der Waals surface area contributed by atoms with E-state index in [1.807, 2.05) is 22.7 Å². The van der Waals surface area contributed by atoms with Crippen molar-refractivity contribution in [3.05, 3.63) is 42.1 Å². The van der Waals surface area contributed by atoms with Gasteiger partial charge in [-0.25, -0.2) is 4.52 Å². The first-order valence-corrected chi connectivity index (χ1v) is 11.9. The second kappa shape index (κ2) is 8.64. The Balaban J connectivity index is 1.28. The summed E-state index contributed by atoms with van der Waals surface area (Å²) < 4.78 is 9.58. The number of anilines is 3. The van der Waals surface area contributed by atoms with Crippen molar-refractivity contribution in [2.75, 3.05) is 37.4 Å². The lowest BCUT2D eigenvalue weighted by molar-refractivity contribution is 0.0661. The molecule has 33 heavy (non-hydrogen) atoms. The number of fused-ring (bicyclic) bond motifs is 2. The molecule has 0 aliphatic carbocycles. The minimum absolute atomic E-state index is 0.363. The first kappa shape index (κ1) is 20.4. The summed E-state index contributed by atoms with van der Waals surface area (Å²) in [5.41, 5.74) is 10.2. The number of piperidine rings is 1. The predicted octanol–water partition coefficient (Wildman–Crippen LogP) is 3.30. The number of ether oxygens (including phenoxy) is 1. The van der Waals surface area contributed by atoms with Crippen molar-refractivity contribution in [1.82, 2.24) is 29.7 Å². The number of pyridine rings is 1. The molecule has 3 aromatic heterocycles. The minimum atomic E-state index is 0.363. The van der Waals surface area contributed by atoms with E-state index < -0.39 is 0 Å². The monoisotopic (exact) mass is 446 g/mol. The lowest BCUT2D eigenvalue weighted by Crippen LogP contribution is -2.29. The number of nitrogens with one attached hydrogen (secondary N) is 2. The van der Waals surface area contributed by atoms with E-state index in [1.54, 1.807) is 0 Å². The van der Waals surface area contributed by atoms with E-state index in [1.165, 1.54) is 5.69 Å². The van der Waals surface area contributed by atoms with Gasteiger partial charge in [-0.1, -0.05) is 6.07 Å². The van der Waals surface area contributed by atoms with Crippen LogP contribution in [0.3, 0.4) is 0 Å². The number of nitrogens with zero attached hydrogens (tertiary/aromatic N) is 5. The maximum atomic E-state index is 6.23. The van der Waals surface area contributed by atoms with Crippen LogP contribution in [0.5, 0.6) is 0 Å². The summed E-state index contributed by atoms with van der Waals surface area (Å²) >= 11 is 0. The number of nitrogen functional groups attached to an aromatic ring is 1. The van der Waals surface area contributed by atoms with Crippen LogP contribution < -0.4 is 16.4 Å². The Morgan fingerprint density at radius 1 is 1.06 bits per heavy atom. The number of benzene rings is 1. The number of hydrogen-bond donors (Lipinski definition) is 3. The van der Waals surface area contributed by atoms with Crippen LogP contribution in [0.15, 0.2) is 36.4 Å². The van der Waals surface area contributed by atoms with E-state index in [0.717, 1.165) is 80.6 Å². The van der Waals surface area contributed by atoms with Gasteiger partial charge in [0.1, 0.15) is 0 Å². The highest BCUT2D eigenvalue weighted by Crippen LogP contribution is 2.30. The number of aromatic nitrogens is 5. The molecule has 2 aliphatic heterocycles. The standard InChI is InChI=1S/C24H30N8O/c25-23-20-5-4-17(15-21(20)31(29-23)18-6-10-26-11-7-18)27-24-28-22-3-1-2-19(32(22)30-24)14-16-8-12-33-13-9-16/h1-5,15-16,18,26H,6-14H2,(H2,25,29)(H,27,30). The Kier molecular flexibility index (Phi) is 5.35. The molecule has 2 saturated heterocycles. The molecular formula is C24H30N8O. The van der Waals surface area contributed by atoms with E-state index in [9.17, 15) is 0 Å². The molecule has 6 rings (SSSR count). The zero-order valence-electron chi connectivity index (χ0n) is 18.7. The molecule has 0 unspecified atom stereocenters. The molecule has 0 bridgehead atoms. The van der Waals surface area contributed by atoms with Crippen LogP contribution in [0.2, 0.25) is 0 Å². The van der Waals surface area contributed by atoms with Crippen molar-refractivity contribution in [2.45, 2.75) is 38.1 Å². The molecule has 1 aromatic carbocycles. The maximum Gasteiger partial charge on any atom is 0.247 e. The molecule has 0 amide bonds. The third-order valence-electron chi connectivity index (χ3n) is 6.92. The molecule has 4 N–H and O–H groups in total. The van der Waals surface area contributed by atoms with Gasteiger partial charge in [0.25, 0.3) is 0 Å². The molecule has 2 aliphatic rings. The maximum absolute atomic E-state index is 6.23. The summed E-state index contributed by atoms with van der Waals surface area (Å²) in [6.45, 7) is 3.72. The van der Waals surface area contributed by atoms with Gasteiger partial charge in [0.05, 0.1) is 11.6 Å². The van der Waals surface area contributed by atoms with Gasteiger partial charge >= 0.3 is 0 Å². The zero-order chi connectivity index (χ0) is 22.2. The van der Waals surface area contributed by atoms with Gasteiger partial charge in [0.15, 0.2) is 11.5 Å². The highest BCUT2D eigenvalue weighted by Gasteiger charge is 2.20. The summed E-state index contributed by atoms with van der Waals surface area (Å²) in [7, 11) is 0. The largest absolute Gasteiger partial charge is 0.382 e. The predicted molar refractivity (Wildman–Crippen MR) is 129 cm³/mol. The van der Waals surface area contributed by atoms with E-state index in [4.69, 9.17) is 20.6 Å². The lowest BCUT2D eigenvalue weighted by atomic mass is 9.95. The van der Waals surface area contributed by atoms with Crippen molar-refractivity contribution in [2.24, 2.45) is 5.92 Å². The Labute approximate surface area is 192 Å². The Hall–Kier alpha value is -3.17. The van der Waals surface area contributed by atoms with Gasteiger partial charge in [-0.15, -0.1) is 5.10 Å². The van der Waals surface area contributed by atoms with Crippen LogP contribution in [0.25, 0.3) is 16.6 Å². The molecule has 0 saturated carbocycles. The van der Waals surface area contributed by atoms with Crippen LogP contribution in [0.1, 0.15) is 37.4 Å². The Bertz CT molecular complexity index is 1270. The van der Waals surface area contributed by atoms with Gasteiger partial charge in [-0.2, -0.15) is 10.1 Å². The van der Waals surface area contributed by atoms with Crippen molar-refractivity contribution in [3.8, 4) is 0 Å². The van der Waals surface area contributed by atoms with E-state index in [0.29, 0.717) is 23.7 Å². The fourth-order valence-electron chi connectivity index (χ4n) is 5.11. The van der Waals surface area contributed by atoms with Crippen LogP contribution in [0, 0.1) is 5.92 Å². The highest BCUT2D eigenvalue weighted by atomic mass is 16.5. The van der Waals surface area contributed by atoms with Crippen molar-refractivity contribution in [3.63, 3.8) is 0 Å². The molecule has 2 fully saturated rings. The van der Waals surface area contributed by atoms with E-state index in [-0.39, 0.29) is 0 Å². The molecule has 4 aromatic rings. The van der Waals surface area contributed by atoms with Crippen LogP contribution in [-0.2, 0) is 11.2 Å². The third kappa shape index (κ3) is 4.02. The molecule has 0 spiro atoms. The van der Waals surface area contributed by atoms with Crippen LogP contribution in [-0.4, -0.2) is 50.7 Å². The number of rotatable bonds is 5. The molecule has 9 heteroatoms. The Morgan fingerprint density at radius 2 is 1.91 bits per heavy atom. The van der Waals surface area contributed by atoms with Crippen molar-refractivity contribution < 1.29 is 4.74 Å². The number of nitrogens with two attached hydrogens (primary N) is 1. The SMILES string of the molecule is Nc1nn(C2CCNCC2)c2cc(Nc3nc4cccc(CC5CCOCC5)n4n3)ccc12. The summed E-state index contributed by atoms with van der Waals surface area (Å²) in [5, 5.41) is 17.2. The molecule has 0 atom stereocenters. The molecular weight excluding hydrogens is 416 g/mol. The summed E-state index contributed by atoms with van der Waals surface area (Å²) in [6.07, 6.45) is 5.30. The molecule has 9 nitrogen and oxygen atoms in total. The number of hydrogen-bond acceptors (Lipinski definition) is 7. The first-order chi connectivity index (χ1) is 16.2. The van der Waals surface area contributed by atoms with Crippen molar-refractivity contribution in [1.29, 1.82) is 0 Å². The van der Waals surface area contributed by atoms with Gasteiger partial charge in [-0.3, -0.25) is 4.68 Å². The van der Waals surface area contributed by atoms with Gasteiger partial charge in [0.2, 0.25) is 5.95 Å². The zero-order valence-corrected chi connectivity index (χ0v) is 18.7. The fraction of sp³-hybridized carbons (Fsp3) is 0.458. The molecule has 5 heterocycles. The van der Waals surface area contributed by atoms with Crippen LogP contribution >= 0.6 is 0 Å². The van der Waals surface area contributed by atoms with Gasteiger partial charge in [-0.05, 0) is 81.4 Å². The summed E-state index contributed by atoms with van der Waals surface area (Å²) in [4.78, 5) is 4.72. The second-order valence-electron chi connectivity index (χ2n) is 9.15. The molecule has 172 valence electrons. The average Bonchev–Trinajstić information content (AvgIpc) is 3.41. The van der Waals surface area contributed by atoms with Crippen molar-refractivity contribution >= 4 is 34.0 Å². The Morgan fingerprint density at radius 3 is 2.76 bits per heavy atom. The smallest absolute Gasteiger partial charge is 0.247 e. The van der Waals surface area contributed by atoms with Gasteiger partial charge in [0, 0.05) is 30.0 Å². The lowest BCUT2D eigenvalue weighted by Gasteiger charge is -2.23. The summed E-state index contributed by atoms with van der Waals surface area (Å²) in [5.74, 6) is 1.81. The summed E-state index contributed by atoms with van der Waals surface area (Å²) in [6, 6.07) is 12.7. The minimum Gasteiger partial charge on any atom is -0.382 e. The second-order valence-corrected chi connectivity index (χ2v) is 9.15. The quantitative estimate of drug-likeness (QED) is 0.432. The average molecular weight is 447 g/mol. The first-order valence-electron chi connectivity index (χ1n) is 11.9. The highest BCUT2D eigenvalue weighted by molar-refractivity contribution is 5.91. The topological polar surface area (TPSA) is 107 Å². The van der Waals surface area contributed by atoms with E-state index >= 15 is 0 Å². The van der Waals surface area contributed by atoms with Gasteiger partial charge < -0.3 is 21.1 Å². The van der Waals surface area contributed by atoms with Crippen LogP contribution in [0.4, 0.5) is 17.5 Å². The molecule has 0 radical (unpaired) electrons.